The second-order valence-corrected chi connectivity index (χ2v) is 4.69. The quantitative estimate of drug-likeness (QED) is 0.759. The SMILES string of the molecule is CCC(C)NCC(=O)Nc1nc(C(C)=O)cs1. The first kappa shape index (κ1) is 13.8. The van der Waals surface area contributed by atoms with E-state index in [-0.39, 0.29) is 18.2 Å². The first-order chi connectivity index (χ1) is 8.02. The van der Waals surface area contributed by atoms with Gasteiger partial charge >= 0.3 is 0 Å². The van der Waals surface area contributed by atoms with Crippen molar-refractivity contribution in [2.75, 3.05) is 11.9 Å². The molecule has 0 spiro atoms. The fourth-order valence-corrected chi connectivity index (χ4v) is 1.83. The normalized spacial score (nSPS) is 12.2. The van der Waals surface area contributed by atoms with Crippen LogP contribution in [0, 0.1) is 0 Å². The molecule has 0 aliphatic carbocycles. The maximum Gasteiger partial charge on any atom is 0.240 e. The Morgan fingerprint density at radius 3 is 2.76 bits per heavy atom. The lowest BCUT2D eigenvalue weighted by atomic mass is 10.2. The van der Waals surface area contributed by atoms with Crippen LogP contribution < -0.4 is 10.6 Å². The van der Waals surface area contributed by atoms with Gasteiger partial charge in [-0.3, -0.25) is 9.59 Å². The van der Waals surface area contributed by atoms with Gasteiger partial charge in [-0.2, -0.15) is 0 Å². The van der Waals surface area contributed by atoms with Gasteiger partial charge in [0.15, 0.2) is 10.9 Å². The number of carbonyl (C=O) groups excluding carboxylic acids is 2. The van der Waals surface area contributed by atoms with Crippen LogP contribution in [0.1, 0.15) is 37.7 Å². The molecular weight excluding hydrogens is 238 g/mol. The highest BCUT2D eigenvalue weighted by Crippen LogP contribution is 2.15. The summed E-state index contributed by atoms with van der Waals surface area (Å²) in [5.41, 5.74) is 0.389. The van der Waals surface area contributed by atoms with Crippen LogP contribution in [-0.4, -0.2) is 29.3 Å². The average molecular weight is 255 g/mol. The number of ketones is 1. The van der Waals surface area contributed by atoms with E-state index in [0.717, 1.165) is 6.42 Å². The van der Waals surface area contributed by atoms with Crippen molar-refractivity contribution in [3.05, 3.63) is 11.1 Å². The van der Waals surface area contributed by atoms with Crippen LogP contribution in [0.5, 0.6) is 0 Å². The molecule has 1 aromatic heterocycles. The Morgan fingerprint density at radius 1 is 1.53 bits per heavy atom. The van der Waals surface area contributed by atoms with Gasteiger partial charge in [-0.05, 0) is 13.3 Å². The molecule has 0 aliphatic rings. The molecule has 0 saturated carbocycles. The van der Waals surface area contributed by atoms with E-state index in [2.05, 4.69) is 22.5 Å². The van der Waals surface area contributed by atoms with E-state index in [0.29, 0.717) is 16.9 Å². The van der Waals surface area contributed by atoms with Crippen LogP contribution in [0.25, 0.3) is 0 Å². The first-order valence-electron chi connectivity index (χ1n) is 5.52. The summed E-state index contributed by atoms with van der Waals surface area (Å²) >= 11 is 1.25. The zero-order valence-electron chi connectivity index (χ0n) is 10.2. The number of hydrogen-bond donors (Lipinski definition) is 2. The first-order valence-corrected chi connectivity index (χ1v) is 6.40. The van der Waals surface area contributed by atoms with Crippen molar-refractivity contribution in [1.82, 2.24) is 10.3 Å². The molecule has 1 atom stereocenters. The van der Waals surface area contributed by atoms with Crippen molar-refractivity contribution in [1.29, 1.82) is 0 Å². The van der Waals surface area contributed by atoms with Crippen LogP contribution in [0.4, 0.5) is 5.13 Å². The number of carbonyl (C=O) groups is 2. The third kappa shape index (κ3) is 4.62. The Balaban J connectivity index is 2.42. The lowest BCUT2D eigenvalue weighted by molar-refractivity contribution is -0.115. The van der Waals surface area contributed by atoms with Crippen LogP contribution in [0.3, 0.4) is 0 Å². The van der Waals surface area contributed by atoms with E-state index in [4.69, 9.17) is 0 Å². The van der Waals surface area contributed by atoms with Crippen molar-refractivity contribution in [2.45, 2.75) is 33.2 Å². The molecule has 0 fully saturated rings. The molecule has 1 unspecified atom stereocenters. The predicted octanol–water partition coefficient (Wildman–Crippen LogP) is 1.67. The summed E-state index contributed by atoms with van der Waals surface area (Å²) in [7, 11) is 0. The van der Waals surface area contributed by atoms with Crippen LogP contribution >= 0.6 is 11.3 Å². The number of aromatic nitrogens is 1. The van der Waals surface area contributed by atoms with Gasteiger partial charge in [0.25, 0.3) is 0 Å². The summed E-state index contributed by atoms with van der Waals surface area (Å²) in [4.78, 5) is 26.5. The van der Waals surface area contributed by atoms with Crippen LogP contribution in [0.15, 0.2) is 5.38 Å². The lowest BCUT2D eigenvalue weighted by Crippen LogP contribution is -2.33. The standard InChI is InChI=1S/C11H17N3O2S/c1-4-7(2)12-5-10(16)14-11-13-9(6-17-11)8(3)15/h6-7,12H,4-5H2,1-3H3,(H,13,14,16). The summed E-state index contributed by atoms with van der Waals surface area (Å²) in [6, 6.07) is 0.310. The minimum Gasteiger partial charge on any atom is -0.306 e. The number of thiazole rings is 1. The van der Waals surface area contributed by atoms with E-state index >= 15 is 0 Å². The smallest absolute Gasteiger partial charge is 0.240 e. The van der Waals surface area contributed by atoms with Gasteiger partial charge in [0.1, 0.15) is 5.69 Å². The average Bonchev–Trinajstić information content (AvgIpc) is 2.74. The van der Waals surface area contributed by atoms with Gasteiger partial charge in [0.2, 0.25) is 5.91 Å². The highest BCUT2D eigenvalue weighted by molar-refractivity contribution is 7.14. The fraction of sp³-hybridized carbons (Fsp3) is 0.545. The largest absolute Gasteiger partial charge is 0.306 e. The predicted molar refractivity (Wildman–Crippen MR) is 68.5 cm³/mol. The Bertz CT molecular complexity index is 403. The van der Waals surface area contributed by atoms with Gasteiger partial charge in [-0.15, -0.1) is 11.3 Å². The molecule has 0 aliphatic heterocycles. The van der Waals surface area contributed by atoms with Crippen molar-refractivity contribution in [3.8, 4) is 0 Å². The second-order valence-electron chi connectivity index (χ2n) is 3.83. The fourth-order valence-electron chi connectivity index (χ4n) is 1.07. The summed E-state index contributed by atoms with van der Waals surface area (Å²) in [5, 5.41) is 7.83. The zero-order valence-corrected chi connectivity index (χ0v) is 11.1. The molecule has 1 aromatic rings. The van der Waals surface area contributed by atoms with Gasteiger partial charge in [-0.1, -0.05) is 6.92 Å². The lowest BCUT2D eigenvalue weighted by Gasteiger charge is -2.09. The second kappa shape index (κ2) is 6.46. The maximum atomic E-state index is 11.5. The van der Waals surface area contributed by atoms with E-state index in [1.165, 1.54) is 18.3 Å². The number of nitrogens with zero attached hydrogens (tertiary/aromatic N) is 1. The Morgan fingerprint density at radius 2 is 2.24 bits per heavy atom. The minimum absolute atomic E-state index is 0.0977. The van der Waals surface area contributed by atoms with Crippen molar-refractivity contribution >= 4 is 28.2 Å². The number of Topliss-reactive ketones (excluding diaryl/α,β-unsaturated/α-hetero) is 1. The summed E-state index contributed by atoms with van der Waals surface area (Å²) < 4.78 is 0. The Labute approximate surface area is 105 Å². The van der Waals surface area contributed by atoms with Gasteiger partial charge < -0.3 is 10.6 Å². The number of rotatable bonds is 6. The number of amides is 1. The molecule has 2 N–H and O–H groups in total. The van der Waals surface area contributed by atoms with E-state index in [9.17, 15) is 9.59 Å². The van der Waals surface area contributed by atoms with E-state index in [1.807, 2.05) is 6.92 Å². The van der Waals surface area contributed by atoms with Gasteiger partial charge in [0.05, 0.1) is 6.54 Å². The third-order valence-corrected chi connectivity index (χ3v) is 3.09. The van der Waals surface area contributed by atoms with Crippen LogP contribution in [-0.2, 0) is 4.79 Å². The van der Waals surface area contributed by atoms with Crippen molar-refractivity contribution < 1.29 is 9.59 Å². The molecule has 1 rings (SSSR count). The third-order valence-electron chi connectivity index (χ3n) is 2.33. The van der Waals surface area contributed by atoms with E-state index < -0.39 is 0 Å². The molecule has 6 heteroatoms. The zero-order chi connectivity index (χ0) is 12.8. The minimum atomic E-state index is -0.144. The molecule has 0 aromatic carbocycles. The van der Waals surface area contributed by atoms with Gasteiger partial charge in [0, 0.05) is 18.3 Å². The molecule has 5 nitrogen and oxygen atoms in total. The number of hydrogen-bond acceptors (Lipinski definition) is 5. The van der Waals surface area contributed by atoms with Crippen molar-refractivity contribution in [2.24, 2.45) is 0 Å². The number of nitrogens with one attached hydrogen (secondary N) is 2. The topological polar surface area (TPSA) is 71.1 Å². The summed E-state index contributed by atoms with van der Waals surface area (Å²) in [5.74, 6) is -0.241. The molecule has 0 bridgehead atoms. The van der Waals surface area contributed by atoms with E-state index in [1.54, 1.807) is 5.38 Å². The molecular formula is C11H17N3O2S. The van der Waals surface area contributed by atoms with Crippen molar-refractivity contribution in [3.63, 3.8) is 0 Å². The molecule has 0 saturated heterocycles. The summed E-state index contributed by atoms with van der Waals surface area (Å²) in [6.45, 7) is 5.77. The Kier molecular flexibility index (Phi) is 5.24. The molecule has 1 heterocycles. The molecule has 17 heavy (non-hydrogen) atoms. The highest BCUT2D eigenvalue weighted by Gasteiger charge is 2.09. The van der Waals surface area contributed by atoms with Crippen LogP contribution in [0.2, 0.25) is 0 Å². The summed E-state index contributed by atoms with van der Waals surface area (Å²) in [6.07, 6.45) is 0.971. The number of anilines is 1. The van der Waals surface area contributed by atoms with Gasteiger partial charge in [-0.25, -0.2) is 4.98 Å². The maximum absolute atomic E-state index is 11.5. The molecule has 94 valence electrons. The monoisotopic (exact) mass is 255 g/mol. The highest BCUT2D eigenvalue weighted by atomic mass is 32.1. The molecule has 1 amide bonds. The Hall–Kier alpha value is -1.27. The molecule has 0 radical (unpaired) electrons.